The van der Waals surface area contributed by atoms with Crippen LogP contribution in [0.1, 0.15) is 39.5 Å². The Morgan fingerprint density at radius 2 is 1.91 bits per heavy atom. The van der Waals surface area contributed by atoms with E-state index < -0.39 is 16.2 Å². The van der Waals surface area contributed by atoms with Crippen molar-refractivity contribution in [3.05, 3.63) is 0 Å². The molecule has 0 amide bonds. The number of carboxylic acid groups (broad SMARTS) is 1. The Morgan fingerprint density at radius 3 is 2.41 bits per heavy atom. The molecule has 0 radical (unpaired) electrons. The van der Waals surface area contributed by atoms with Gasteiger partial charge in [0.15, 0.2) is 0 Å². The molecule has 0 atom stereocenters. The van der Waals surface area contributed by atoms with Crippen LogP contribution in [0.2, 0.25) is 0 Å². The van der Waals surface area contributed by atoms with Gasteiger partial charge in [0.25, 0.3) is 10.2 Å². The van der Waals surface area contributed by atoms with E-state index in [1.165, 1.54) is 4.31 Å². The Hall–Kier alpha value is -0.700. The number of aliphatic carboxylic acids is 1. The molecule has 0 aromatic rings. The van der Waals surface area contributed by atoms with Crippen molar-refractivity contribution < 1.29 is 18.3 Å². The summed E-state index contributed by atoms with van der Waals surface area (Å²) < 4.78 is 29.0. The Balaban J connectivity index is 1.80. The highest BCUT2D eigenvalue weighted by Crippen LogP contribution is 2.27. The third kappa shape index (κ3) is 4.41. The third-order valence-corrected chi connectivity index (χ3v) is 6.45. The standard InChI is InChI=1S/C14H27N3O4S/c1-3-16(10-14(18)19)13-8-12(9-13)15-22(20,21)17-6-4-11(2)5-7-17/h11-13,15H,3-10H2,1-2H3,(H,18,19). The van der Waals surface area contributed by atoms with Gasteiger partial charge in [-0.3, -0.25) is 9.69 Å². The molecule has 1 aliphatic heterocycles. The van der Waals surface area contributed by atoms with Gasteiger partial charge in [0.1, 0.15) is 0 Å². The molecular weight excluding hydrogens is 306 g/mol. The van der Waals surface area contributed by atoms with E-state index >= 15 is 0 Å². The molecule has 0 aromatic heterocycles. The van der Waals surface area contributed by atoms with Crippen molar-refractivity contribution in [1.29, 1.82) is 0 Å². The fraction of sp³-hybridized carbons (Fsp3) is 0.929. The highest BCUT2D eigenvalue weighted by Gasteiger charge is 2.37. The minimum Gasteiger partial charge on any atom is -0.480 e. The number of carbonyl (C=O) groups is 1. The Bertz CT molecular complexity index is 482. The van der Waals surface area contributed by atoms with Crippen molar-refractivity contribution in [1.82, 2.24) is 13.9 Å². The van der Waals surface area contributed by atoms with Gasteiger partial charge in [0, 0.05) is 25.2 Å². The molecule has 1 heterocycles. The fourth-order valence-corrected chi connectivity index (χ4v) is 4.62. The molecule has 128 valence electrons. The predicted molar refractivity (Wildman–Crippen MR) is 83.7 cm³/mol. The Labute approximate surface area is 132 Å². The zero-order valence-electron chi connectivity index (χ0n) is 13.4. The highest BCUT2D eigenvalue weighted by molar-refractivity contribution is 7.87. The summed E-state index contributed by atoms with van der Waals surface area (Å²) in [5.74, 6) is -0.248. The van der Waals surface area contributed by atoms with Crippen LogP contribution in [0.25, 0.3) is 0 Å². The van der Waals surface area contributed by atoms with Crippen LogP contribution in [-0.4, -0.2) is 67.0 Å². The summed E-state index contributed by atoms with van der Waals surface area (Å²) >= 11 is 0. The van der Waals surface area contributed by atoms with Gasteiger partial charge in [-0.25, -0.2) is 0 Å². The summed E-state index contributed by atoms with van der Waals surface area (Å²) in [5.41, 5.74) is 0. The van der Waals surface area contributed by atoms with Crippen LogP contribution < -0.4 is 4.72 Å². The Morgan fingerprint density at radius 1 is 1.32 bits per heavy atom. The molecule has 0 aromatic carbocycles. The van der Waals surface area contributed by atoms with Gasteiger partial charge in [-0.2, -0.15) is 17.4 Å². The second kappa shape index (κ2) is 7.25. The van der Waals surface area contributed by atoms with E-state index in [0.29, 0.717) is 38.4 Å². The Kier molecular flexibility index (Phi) is 5.81. The lowest BCUT2D eigenvalue weighted by atomic mass is 9.86. The number of carboxylic acids is 1. The second-order valence-corrected chi connectivity index (χ2v) is 8.19. The summed E-state index contributed by atoms with van der Waals surface area (Å²) in [6.45, 7) is 5.94. The van der Waals surface area contributed by atoms with Crippen LogP contribution in [0.5, 0.6) is 0 Å². The zero-order valence-corrected chi connectivity index (χ0v) is 14.2. The summed E-state index contributed by atoms with van der Waals surface area (Å²) in [6.07, 6.45) is 3.20. The van der Waals surface area contributed by atoms with Crippen molar-refractivity contribution >= 4 is 16.2 Å². The van der Waals surface area contributed by atoms with Crippen molar-refractivity contribution in [2.75, 3.05) is 26.2 Å². The summed E-state index contributed by atoms with van der Waals surface area (Å²) in [5, 5.41) is 8.87. The minimum atomic E-state index is -3.40. The molecule has 1 saturated carbocycles. The van der Waals surface area contributed by atoms with Crippen molar-refractivity contribution in [2.45, 2.75) is 51.6 Å². The molecule has 1 aliphatic carbocycles. The van der Waals surface area contributed by atoms with Crippen LogP contribution >= 0.6 is 0 Å². The van der Waals surface area contributed by atoms with E-state index in [2.05, 4.69) is 11.6 Å². The van der Waals surface area contributed by atoms with E-state index in [1.54, 1.807) is 0 Å². The number of hydrogen-bond donors (Lipinski definition) is 2. The lowest BCUT2D eigenvalue weighted by Gasteiger charge is -2.43. The quantitative estimate of drug-likeness (QED) is 0.708. The zero-order chi connectivity index (χ0) is 16.3. The molecule has 1 saturated heterocycles. The molecule has 2 fully saturated rings. The number of rotatable bonds is 7. The molecule has 2 N–H and O–H groups in total. The first-order valence-electron chi connectivity index (χ1n) is 8.05. The first-order valence-corrected chi connectivity index (χ1v) is 9.49. The average Bonchev–Trinajstić information content (AvgIpc) is 2.40. The van der Waals surface area contributed by atoms with E-state index in [1.807, 2.05) is 11.8 Å². The summed E-state index contributed by atoms with van der Waals surface area (Å²) in [6, 6.07) is 0.0902. The largest absolute Gasteiger partial charge is 0.480 e. The number of piperidine rings is 1. The van der Waals surface area contributed by atoms with Crippen LogP contribution in [0, 0.1) is 5.92 Å². The normalized spacial score (nSPS) is 27.8. The fourth-order valence-electron chi connectivity index (χ4n) is 3.17. The third-order valence-electron chi connectivity index (χ3n) is 4.77. The molecule has 0 bridgehead atoms. The highest BCUT2D eigenvalue weighted by atomic mass is 32.2. The number of likely N-dealkylation sites (N-methyl/N-ethyl adjacent to an activating group) is 1. The van der Waals surface area contributed by atoms with Crippen LogP contribution in [-0.2, 0) is 15.0 Å². The molecular formula is C14H27N3O4S. The second-order valence-electron chi connectivity index (χ2n) is 6.48. The summed E-state index contributed by atoms with van der Waals surface area (Å²) in [7, 11) is -3.40. The molecule has 22 heavy (non-hydrogen) atoms. The van der Waals surface area contributed by atoms with Gasteiger partial charge < -0.3 is 5.11 Å². The summed E-state index contributed by atoms with van der Waals surface area (Å²) in [4.78, 5) is 12.7. The molecule has 2 rings (SSSR count). The van der Waals surface area contributed by atoms with Gasteiger partial charge in [-0.05, 0) is 38.1 Å². The first kappa shape index (κ1) is 17.7. The molecule has 7 nitrogen and oxygen atoms in total. The number of nitrogens with zero attached hydrogens (tertiary/aromatic N) is 2. The van der Waals surface area contributed by atoms with Gasteiger partial charge in [-0.1, -0.05) is 13.8 Å². The monoisotopic (exact) mass is 333 g/mol. The number of nitrogens with one attached hydrogen (secondary N) is 1. The van der Waals surface area contributed by atoms with E-state index in [4.69, 9.17) is 5.11 Å². The first-order chi connectivity index (χ1) is 10.3. The molecule has 2 aliphatic rings. The van der Waals surface area contributed by atoms with Gasteiger partial charge in [-0.15, -0.1) is 0 Å². The van der Waals surface area contributed by atoms with Gasteiger partial charge >= 0.3 is 5.97 Å². The lowest BCUT2D eigenvalue weighted by molar-refractivity contribution is -0.139. The van der Waals surface area contributed by atoms with Crippen molar-refractivity contribution in [3.8, 4) is 0 Å². The maximum atomic E-state index is 12.3. The van der Waals surface area contributed by atoms with Crippen LogP contribution in [0.3, 0.4) is 0 Å². The van der Waals surface area contributed by atoms with Gasteiger partial charge in [0.2, 0.25) is 0 Å². The SMILES string of the molecule is CCN(CC(=O)O)C1CC(NS(=O)(=O)N2CCC(C)CC2)C1. The molecule has 8 heteroatoms. The topological polar surface area (TPSA) is 90.0 Å². The smallest absolute Gasteiger partial charge is 0.317 e. The van der Waals surface area contributed by atoms with Crippen molar-refractivity contribution in [3.63, 3.8) is 0 Å². The molecule has 0 spiro atoms. The van der Waals surface area contributed by atoms with E-state index in [0.717, 1.165) is 12.8 Å². The predicted octanol–water partition coefficient (Wildman–Crippen LogP) is 0.490. The lowest BCUT2D eigenvalue weighted by Crippen LogP contribution is -2.57. The van der Waals surface area contributed by atoms with E-state index in [9.17, 15) is 13.2 Å². The van der Waals surface area contributed by atoms with Crippen LogP contribution in [0.4, 0.5) is 0 Å². The van der Waals surface area contributed by atoms with Crippen molar-refractivity contribution in [2.24, 2.45) is 5.92 Å². The maximum Gasteiger partial charge on any atom is 0.317 e. The van der Waals surface area contributed by atoms with E-state index in [-0.39, 0.29) is 18.6 Å². The number of hydrogen-bond acceptors (Lipinski definition) is 4. The molecule has 0 unspecified atom stereocenters. The average molecular weight is 333 g/mol. The maximum absolute atomic E-state index is 12.3. The van der Waals surface area contributed by atoms with Crippen LogP contribution in [0.15, 0.2) is 0 Å². The minimum absolute atomic E-state index is 0.0185. The van der Waals surface area contributed by atoms with Gasteiger partial charge in [0.05, 0.1) is 6.54 Å².